The lowest BCUT2D eigenvalue weighted by Crippen LogP contribution is -2.48. The molecule has 46 heavy (non-hydrogen) atoms. The number of sulfonamides is 1. The van der Waals surface area contributed by atoms with Gasteiger partial charge < -0.3 is 34.9 Å². The average Bonchev–Trinajstić information content (AvgIpc) is 3.01. The Hall–Kier alpha value is -3.39. The molecule has 13 heteroatoms. The molecule has 2 aromatic rings. The number of rotatable bonds is 9. The highest BCUT2D eigenvalue weighted by Gasteiger charge is 2.32. The Labute approximate surface area is 273 Å². The van der Waals surface area contributed by atoms with Crippen molar-refractivity contribution in [1.82, 2.24) is 14.5 Å². The second-order valence-electron chi connectivity index (χ2n) is 12.2. The molecule has 0 unspecified atom stereocenters. The number of aliphatic hydroxyl groups excluding tert-OH is 1. The quantitative estimate of drug-likeness (QED) is 0.360. The van der Waals surface area contributed by atoms with Crippen molar-refractivity contribution in [3.63, 3.8) is 0 Å². The van der Waals surface area contributed by atoms with Crippen LogP contribution >= 0.6 is 0 Å². The summed E-state index contributed by atoms with van der Waals surface area (Å²) in [6.45, 7) is 9.61. The van der Waals surface area contributed by atoms with Crippen LogP contribution in [0.3, 0.4) is 0 Å². The Bertz CT molecular complexity index is 1400. The molecular weight excluding hydrogens is 612 g/mol. The number of carbonyl (C=O) groups is 2. The van der Waals surface area contributed by atoms with E-state index in [4.69, 9.17) is 14.2 Å². The van der Waals surface area contributed by atoms with Gasteiger partial charge in [0.05, 0.1) is 42.4 Å². The number of aliphatic hydroxyl groups is 1. The van der Waals surface area contributed by atoms with Crippen molar-refractivity contribution < 1.29 is 37.3 Å². The van der Waals surface area contributed by atoms with Crippen molar-refractivity contribution in [3.05, 3.63) is 48.0 Å². The molecule has 0 fully saturated rings. The molecular formula is C33H50N4O8S. The van der Waals surface area contributed by atoms with E-state index in [9.17, 15) is 23.1 Å². The van der Waals surface area contributed by atoms with Crippen LogP contribution in [0.1, 0.15) is 64.2 Å². The largest absolute Gasteiger partial charge is 0.497 e. The maximum Gasteiger partial charge on any atom is 0.319 e. The molecule has 12 nitrogen and oxygen atoms in total. The number of nitrogens with one attached hydrogen (secondary N) is 2. The number of urea groups is 1. The lowest BCUT2D eigenvalue weighted by molar-refractivity contribution is -0.00834. The van der Waals surface area contributed by atoms with Gasteiger partial charge in [0.1, 0.15) is 11.5 Å². The molecule has 0 bridgehead atoms. The summed E-state index contributed by atoms with van der Waals surface area (Å²) in [5, 5.41) is 15.7. The fourth-order valence-electron chi connectivity index (χ4n) is 5.17. The lowest BCUT2D eigenvalue weighted by atomic mass is 10.0. The molecule has 3 amide bonds. The summed E-state index contributed by atoms with van der Waals surface area (Å²) in [5.41, 5.74) is 0.661. The summed E-state index contributed by atoms with van der Waals surface area (Å²) in [5.74, 6) is 0.218. The second kappa shape index (κ2) is 17.0. The molecule has 0 aromatic heterocycles. The van der Waals surface area contributed by atoms with E-state index in [-0.39, 0.29) is 48.2 Å². The number of hydrogen-bond acceptors (Lipinski definition) is 8. The van der Waals surface area contributed by atoms with Gasteiger partial charge in [-0.2, -0.15) is 4.31 Å². The van der Waals surface area contributed by atoms with E-state index in [2.05, 4.69) is 10.6 Å². The Balaban J connectivity index is 1.95. The number of carbonyl (C=O) groups excluding carboxylic acids is 2. The number of amides is 3. The molecule has 0 radical (unpaired) electrons. The van der Waals surface area contributed by atoms with Crippen LogP contribution in [0.5, 0.6) is 11.5 Å². The number of nitrogens with zero attached hydrogens (tertiary/aromatic N) is 2. The van der Waals surface area contributed by atoms with Crippen molar-refractivity contribution in [2.45, 2.75) is 83.1 Å². The third-order valence-electron chi connectivity index (χ3n) is 7.93. The number of hydrogen-bond donors (Lipinski definition) is 3. The van der Waals surface area contributed by atoms with Crippen LogP contribution in [-0.4, -0.2) is 99.4 Å². The van der Waals surface area contributed by atoms with E-state index in [1.165, 1.54) is 30.6 Å². The Morgan fingerprint density at radius 1 is 1.13 bits per heavy atom. The summed E-state index contributed by atoms with van der Waals surface area (Å²) in [4.78, 5) is 28.4. The normalized spacial score (nSPS) is 20.8. The number of ether oxygens (including phenoxy) is 3. The van der Waals surface area contributed by atoms with E-state index < -0.39 is 34.1 Å². The lowest BCUT2D eigenvalue weighted by Gasteiger charge is -2.35. The predicted octanol–water partition coefficient (Wildman–Crippen LogP) is 4.34. The molecule has 0 saturated heterocycles. The van der Waals surface area contributed by atoms with Gasteiger partial charge in [-0.25, -0.2) is 13.2 Å². The molecule has 0 saturated carbocycles. The first-order valence-electron chi connectivity index (χ1n) is 15.8. The van der Waals surface area contributed by atoms with Crippen LogP contribution in [0.4, 0.5) is 10.5 Å². The summed E-state index contributed by atoms with van der Waals surface area (Å²) >= 11 is 0. The summed E-state index contributed by atoms with van der Waals surface area (Å²) in [6, 6.07) is 10.1. The first kappa shape index (κ1) is 37.1. The highest BCUT2D eigenvalue weighted by Crippen LogP contribution is 2.29. The van der Waals surface area contributed by atoms with Crippen LogP contribution in [-0.2, 0) is 14.8 Å². The standard InChI is InChI=1S/C33H50N4O8S/c1-22(2)34-33(40)35-26-11-16-30-29(18-26)32(39)37(24(4)21-38)19-23(3)31(44-17-9-8-10-25(5)45-30)20-36(6)46(41,42)28-14-12-27(43-7)13-15-28/h11-16,18,22-25,31,38H,8-10,17,19-21H2,1-7H3,(H2,34,35,40)/t23-,24-,25-,31-/m1/s1. The van der Waals surface area contributed by atoms with Crippen LogP contribution in [0.15, 0.2) is 47.4 Å². The van der Waals surface area contributed by atoms with Crippen LogP contribution in [0, 0.1) is 5.92 Å². The zero-order valence-electron chi connectivity index (χ0n) is 28.0. The Kier molecular flexibility index (Phi) is 13.7. The van der Waals surface area contributed by atoms with Crippen LogP contribution in [0.2, 0.25) is 0 Å². The van der Waals surface area contributed by atoms with Crippen molar-refractivity contribution in [2.24, 2.45) is 5.92 Å². The number of likely N-dealkylation sites (N-methyl/N-ethyl adjacent to an activating group) is 1. The van der Waals surface area contributed by atoms with Gasteiger partial charge >= 0.3 is 6.03 Å². The molecule has 4 atom stereocenters. The van der Waals surface area contributed by atoms with E-state index in [1.54, 1.807) is 42.2 Å². The molecule has 0 spiro atoms. The third kappa shape index (κ3) is 10.1. The minimum Gasteiger partial charge on any atom is -0.497 e. The fourth-order valence-corrected chi connectivity index (χ4v) is 6.35. The fraction of sp³-hybridized carbons (Fsp3) is 0.576. The number of methoxy groups -OCH3 is 1. The molecule has 1 heterocycles. The number of benzene rings is 2. The molecule has 0 aliphatic carbocycles. The van der Waals surface area contributed by atoms with Crippen LogP contribution < -0.4 is 20.1 Å². The predicted molar refractivity (Wildman–Crippen MR) is 177 cm³/mol. The van der Waals surface area contributed by atoms with Crippen LogP contribution in [0.25, 0.3) is 0 Å². The van der Waals surface area contributed by atoms with Gasteiger partial charge in [0.25, 0.3) is 5.91 Å². The average molecular weight is 663 g/mol. The van der Waals surface area contributed by atoms with Gasteiger partial charge in [0.15, 0.2) is 0 Å². The molecule has 3 rings (SSSR count). The topological polar surface area (TPSA) is 147 Å². The highest BCUT2D eigenvalue weighted by atomic mass is 32.2. The highest BCUT2D eigenvalue weighted by molar-refractivity contribution is 7.89. The van der Waals surface area contributed by atoms with Gasteiger partial charge in [-0.3, -0.25) is 4.79 Å². The third-order valence-corrected chi connectivity index (χ3v) is 9.77. The minimum atomic E-state index is -3.84. The number of anilines is 1. The summed E-state index contributed by atoms with van der Waals surface area (Å²) < 4.78 is 45.9. The molecule has 1 aliphatic rings. The zero-order valence-corrected chi connectivity index (χ0v) is 28.8. The SMILES string of the molecule is COc1ccc(S(=O)(=O)N(C)C[C@H]2OCCCC[C@@H](C)Oc3ccc(NC(=O)NC(C)C)cc3C(=O)N([C@H](C)CO)C[C@H]2C)cc1. The monoisotopic (exact) mass is 662 g/mol. The number of fused-ring (bicyclic) bond motifs is 1. The molecule has 1 aliphatic heterocycles. The zero-order chi connectivity index (χ0) is 34.0. The van der Waals surface area contributed by atoms with Crippen molar-refractivity contribution in [2.75, 3.05) is 45.8 Å². The first-order valence-corrected chi connectivity index (χ1v) is 17.2. The maximum absolute atomic E-state index is 14.2. The van der Waals surface area contributed by atoms with E-state index in [0.29, 0.717) is 30.2 Å². The Morgan fingerprint density at radius 2 is 1.83 bits per heavy atom. The Morgan fingerprint density at radius 3 is 2.46 bits per heavy atom. The molecule has 3 N–H and O–H groups in total. The van der Waals surface area contributed by atoms with Crippen molar-refractivity contribution in [3.8, 4) is 11.5 Å². The van der Waals surface area contributed by atoms with Gasteiger partial charge in [-0.05, 0) is 89.4 Å². The minimum absolute atomic E-state index is 0.0558. The second-order valence-corrected chi connectivity index (χ2v) is 14.3. The molecule has 256 valence electrons. The van der Waals surface area contributed by atoms with E-state index >= 15 is 0 Å². The van der Waals surface area contributed by atoms with Gasteiger partial charge in [-0.1, -0.05) is 6.92 Å². The molecule has 2 aromatic carbocycles. The van der Waals surface area contributed by atoms with Crippen molar-refractivity contribution in [1.29, 1.82) is 0 Å². The maximum atomic E-state index is 14.2. The van der Waals surface area contributed by atoms with Gasteiger partial charge in [0.2, 0.25) is 10.0 Å². The smallest absolute Gasteiger partial charge is 0.319 e. The van der Waals surface area contributed by atoms with Crippen molar-refractivity contribution >= 4 is 27.6 Å². The van der Waals surface area contributed by atoms with E-state index in [1.807, 2.05) is 27.7 Å². The van der Waals surface area contributed by atoms with Gasteiger partial charge in [0, 0.05) is 44.4 Å². The van der Waals surface area contributed by atoms with E-state index in [0.717, 1.165) is 12.8 Å². The summed E-state index contributed by atoms with van der Waals surface area (Å²) in [6.07, 6.45) is 1.48. The summed E-state index contributed by atoms with van der Waals surface area (Å²) in [7, 11) is -0.813. The first-order chi connectivity index (χ1) is 21.8. The van der Waals surface area contributed by atoms with Gasteiger partial charge in [-0.15, -0.1) is 0 Å².